The Morgan fingerprint density at radius 1 is 1.45 bits per heavy atom. The lowest BCUT2D eigenvalue weighted by molar-refractivity contribution is 0.308. The van der Waals surface area contributed by atoms with E-state index in [0.717, 1.165) is 19.0 Å². The first-order valence-corrected chi connectivity index (χ1v) is 4.08. The summed E-state index contributed by atoms with van der Waals surface area (Å²) in [4.78, 5) is 0. The van der Waals surface area contributed by atoms with E-state index in [-0.39, 0.29) is 0 Å². The predicted octanol–water partition coefficient (Wildman–Crippen LogP) is 2.22. The Kier molecular flexibility index (Phi) is 2.58. The van der Waals surface area contributed by atoms with Gasteiger partial charge < -0.3 is 9.30 Å². The van der Waals surface area contributed by atoms with Crippen LogP contribution in [0.2, 0.25) is 0 Å². The second-order valence-corrected chi connectivity index (χ2v) is 2.52. The number of nitrogens with zero attached hydrogens (tertiary/aromatic N) is 1. The van der Waals surface area contributed by atoms with Crippen molar-refractivity contribution >= 4 is 0 Å². The molecular formula is C9H15NO. The lowest BCUT2D eigenvalue weighted by Crippen LogP contribution is -2.00. The molecule has 0 saturated carbocycles. The molecule has 0 radical (unpaired) electrons. The Labute approximate surface area is 67.8 Å². The van der Waals surface area contributed by atoms with Crippen LogP contribution < -0.4 is 4.74 Å². The normalized spacial score (nSPS) is 10.1. The second-order valence-electron chi connectivity index (χ2n) is 2.52. The molecule has 0 amide bonds. The summed E-state index contributed by atoms with van der Waals surface area (Å²) in [6.07, 6.45) is 2.06. The first kappa shape index (κ1) is 8.18. The summed E-state index contributed by atoms with van der Waals surface area (Å²) in [6, 6.07) is 2.08. The van der Waals surface area contributed by atoms with E-state index in [9.17, 15) is 0 Å². The standard InChI is InChI=1S/C9H15NO/c1-4-10-7-6-8(3)9(10)11-5-2/h6-7H,4-5H2,1-3H3. The zero-order valence-corrected chi connectivity index (χ0v) is 7.42. The van der Waals surface area contributed by atoms with Crippen LogP contribution in [0.25, 0.3) is 0 Å². The first-order chi connectivity index (χ1) is 5.29. The molecule has 0 aliphatic rings. The largest absolute Gasteiger partial charge is 0.479 e. The van der Waals surface area contributed by atoms with Gasteiger partial charge in [-0.15, -0.1) is 0 Å². The Balaban J connectivity index is 2.88. The highest BCUT2D eigenvalue weighted by molar-refractivity contribution is 5.26. The van der Waals surface area contributed by atoms with Gasteiger partial charge in [-0.05, 0) is 26.8 Å². The molecule has 1 aromatic heterocycles. The molecule has 0 bridgehead atoms. The summed E-state index contributed by atoms with van der Waals surface area (Å²) < 4.78 is 7.57. The first-order valence-electron chi connectivity index (χ1n) is 4.08. The topological polar surface area (TPSA) is 14.2 Å². The van der Waals surface area contributed by atoms with Crippen LogP contribution in [-0.4, -0.2) is 11.2 Å². The van der Waals surface area contributed by atoms with Crippen molar-refractivity contribution in [2.45, 2.75) is 27.3 Å². The Bertz CT molecular complexity index is 227. The van der Waals surface area contributed by atoms with E-state index in [2.05, 4.69) is 30.7 Å². The third kappa shape index (κ3) is 1.56. The molecule has 11 heavy (non-hydrogen) atoms. The third-order valence-electron chi connectivity index (χ3n) is 1.72. The average Bonchev–Trinajstić information content (AvgIpc) is 2.34. The minimum absolute atomic E-state index is 0.741. The Morgan fingerprint density at radius 3 is 2.73 bits per heavy atom. The highest BCUT2D eigenvalue weighted by Gasteiger charge is 2.03. The smallest absolute Gasteiger partial charge is 0.196 e. The van der Waals surface area contributed by atoms with Gasteiger partial charge in [0.15, 0.2) is 5.88 Å². The molecule has 0 saturated heterocycles. The molecule has 0 spiro atoms. The number of ether oxygens (including phenoxy) is 1. The predicted molar refractivity (Wildman–Crippen MR) is 46.0 cm³/mol. The minimum atomic E-state index is 0.741. The van der Waals surface area contributed by atoms with Gasteiger partial charge in [0.05, 0.1) is 6.61 Å². The van der Waals surface area contributed by atoms with Gasteiger partial charge in [-0.25, -0.2) is 0 Å². The van der Waals surface area contributed by atoms with Crippen LogP contribution in [-0.2, 0) is 6.54 Å². The van der Waals surface area contributed by atoms with Crippen molar-refractivity contribution in [2.24, 2.45) is 0 Å². The molecule has 62 valence electrons. The zero-order chi connectivity index (χ0) is 8.27. The van der Waals surface area contributed by atoms with Gasteiger partial charge in [0.25, 0.3) is 0 Å². The van der Waals surface area contributed by atoms with Crippen LogP contribution in [0.4, 0.5) is 0 Å². The van der Waals surface area contributed by atoms with Gasteiger partial charge in [-0.1, -0.05) is 0 Å². The summed E-state index contributed by atoms with van der Waals surface area (Å²) in [5.41, 5.74) is 1.22. The summed E-state index contributed by atoms with van der Waals surface area (Å²) in [5.74, 6) is 1.01. The summed E-state index contributed by atoms with van der Waals surface area (Å²) in [5, 5.41) is 0. The van der Waals surface area contributed by atoms with Crippen LogP contribution in [0, 0.1) is 6.92 Å². The Morgan fingerprint density at radius 2 is 2.18 bits per heavy atom. The number of rotatable bonds is 3. The van der Waals surface area contributed by atoms with E-state index in [0.29, 0.717) is 0 Å². The number of aromatic nitrogens is 1. The van der Waals surface area contributed by atoms with Gasteiger partial charge in [0.1, 0.15) is 0 Å². The molecular weight excluding hydrogens is 138 g/mol. The molecule has 0 fully saturated rings. The van der Waals surface area contributed by atoms with Gasteiger partial charge in [0, 0.05) is 18.3 Å². The van der Waals surface area contributed by atoms with Crippen molar-refractivity contribution in [3.05, 3.63) is 17.8 Å². The van der Waals surface area contributed by atoms with E-state index in [1.807, 2.05) is 6.92 Å². The molecule has 0 aliphatic carbocycles. The van der Waals surface area contributed by atoms with Crippen LogP contribution in [0.1, 0.15) is 19.4 Å². The number of hydrogen-bond acceptors (Lipinski definition) is 1. The minimum Gasteiger partial charge on any atom is -0.479 e. The maximum Gasteiger partial charge on any atom is 0.196 e. The third-order valence-corrected chi connectivity index (χ3v) is 1.72. The fourth-order valence-electron chi connectivity index (χ4n) is 1.15. The molecule has 2 heteroatoms. The molecule has 0 unspecified atom stereocenters. The van der Waals surface area contributed by atoms with Crippen LogP contribution in [0.5, 0.6) is 5.88 Å². The van der Waals surface area contributed by atoms with Crippen molar-refractivity contribution in [1.29, 1.82) is 0 Å². The second kappa shape index (κ2) is 3.46. The maximum absolute atomic E-state index is 5.46. The van der Waals surface area contributed by atoms with Crippen molar-refractivity contribution in [2.75, 3.05) is 6.61 Å². The molecule has 1 rings (SSSR count). The molecule has 0 atom stereocenters. The zero-order valence-electron chi connectivity index (χ0n) is 7.42. The van der Waals surface area contributed by atoms with Gasteiger partial charge in [-0.3, -0.25) is 0 Å². The lowest BCUT2D eigenvalue weighted by Gasteiger charge is -2.07. The van der Waals surface area contributed by atoms with Crippen LogP contribution in [0.15, 0.2) is 12.3 Å². The highest BCUT2D eigenvalue weighted by Crippen LogP contribution is 2.18. The highest BCUT2D eigenvalue weighted by atomic mass is 16.5. The van der Waals surface area contributed by atoms with Crippen molar-refractivity contribution in [3.63, 3.8) is 0 Å². The number of hydrogen-bond donors (Lipinski definition) is 0. The van der Waals surface area contributed by atoms with Crippen molar-refractivity contribution in [1.82, 2.24) is 4.57 Å². The fourth-order valence-corrected chi connectivity index (χ4v) is 1.15. The maximum atomic E-state index is 5.46. The quantitative estimate of drug-likeness (QED) is 0.649. The van der Waals surface area contributed by atoms with E-state index in [4.69, 9.17) is 4.74 Å². The molecule has 2 nitrogen and oxygen atoms in total. The van der Waals surface area contributed by atoms with Crippen molar-refractivity contribution in [3.8, 4) is 5.88 Å². The fraction of sp³-hybridized carbons (Fsp3) is 0.556. The molecule has 0 N–H and O–H groups in total. The van der Waals surface area contributed by atoms with Gasteiger partial charge in [-0.2, -0.15) is 0 Å². The van der Waals surface area contributed by atoms with Crippen molar-refractivity contribution < 1.29 is 4.74 Å². The monoisotopic (exact) mass is 153 g/mol. The van der Waals surface area contributed by atoms with Gasteiger partial charge in [0.2, 0.25) is 0 Å². The average molecular weight is 153 g/mol. The lowest BCUT2D eigenvalue weighted by atomic mass is 10.4. The van der Waals surface area contributed by atoms with Crippen LogP contribution in [0.3, 0.4) is 0 Å². The summed E-state index contributed by atoms with van der Waals surface area (Å²) in [6.45, 7) is 7.90. The molecule has 1 heterocycles. The molecule has 0 aliphatic heterocycles. The summed E-state index contributed by atoms with van der Waals surface area (Å²) in [7, 11) is 0. The van der Waals surface area contributed by atoms with E-state index in [1.165, 1.54) is 5.56 Å². The van der Waals surface area contributed by atoms with Crippen LogP contribution >= 0.6 is 0 Å². The molecule has 1 aromatic rings. The van der Waals surface area contributed by atoms with Gasteiger partial charge >= 0.3 is 0 Å². The Hall–Kier alpha value is -0.920. The van der Waals surface area contributed by atoms with E-state index in [1.54, 1.807) is 0 Å². The number of aryl methyl sites for hydroxylation is 2. The molecule has 0 aromatic carbocycles. The van der Waals surface area contributed by atoms with E-state index >= 15 is 0 Å². The SMILES string of the molecule is CCOc1c(C)ccn1CC. The summed E-state index contributed by atoms with van der Waals surface area (Å²) >= 11 is 0. The van der Waals surface area contributed by atoms with E-state index < -0.39 is 0 Å².